The van der Waals surface area contributed by atoms with Gasteiger partial charge in [0.05, 0.1) is 5.69 Å². The van der Waals surface area contributed by atoms with Gasteiger partial charge in [0.1, 0.15) is 23.9 Å². The van der Waals surface area contributed by atoms with E-state index in [-0.39, 0.29) is 18.1 Å². The first-order chi connectivity index (χ1) is 14.0. The van der Waals surface area contributed by atoms with Gasteiger partial charge in [-0.05, 0) is 48.5 Å². The molecule has 1 N–H and O–H groups in total. The van der Waals surface area contributed by atoms with Crippen molar-refractivity contribution < 1.29 is 18.1 Å². The zero-order valence-electron chi connectivity index (χ0n) is 14.8. The Morgan fingerprint density at radius 2 is 1.93 bits per heavy atom. The van der Waals surface area contributed by atoms with Crippen LogP contribution in [0.5, 0.6) is 0 Å². The van der Waals surface area contributed by atoms with Gasteiger partial charge < -0.3 is 14.4 Å². The zero-order valence-corrected chi connectivity index (χ0v) is 16.4. The molecule has 9 heteroatoms. The third-order valence-electron chi connectivity index (χ3n) is 4.10. The molecule has 0 radical (unpaired) electrons. The number of benzene rings is 2. The minimum atomic E-state index is -0.845. The van der Waals surface area contributed by atoms with Crippen LogP contribution in [0.1, 0.15) is 0 Å². The molecule has 0 bridgehead atoms. The lowest BCUT2D eigenvalue weighted by molar-refractivity contribution is -0.116. The summed E-state index contributed by atoms with van der Waals surface area (Å²) in [5, 5.41) is 6.40. The van der Waals surface area contributed by atoms with Gasteiger partial charge >= 0.3 is 0 Å². The van der Waals surface area contributed by atoms with E-state index >= 15 is 0 Å². The monoisotopic (exact) mass is 458 g/mol. The molecule has 2 heterocycles. The number of rotatable bonds is 5. The number of hydrogen-bond donors (Lipinski definition) is 1. The van der Waals surface area contributed by atoms with Crippen LogP contribution in [-0.4, -0.2) is 20.6 Å². The molecule has 2 aromatic heterocycles. The fraction of sp³-hybridized carbons (Fsp3) is 0.0500. The second kappa shape index (κ2) is 7.96. The molecule has 0 saturated carbocycles. The van der Waals surface area contributed by atoms with Crippen molar-refractivity contribution in [3.05, 3.63) is 76.9 Å². The van der Waals surface area contributed by atoms with Crippen LogP contribution >= 0.6 is 15.9 Å². The van der Waals surface area contributed by atoms with Crippen molar-refractivity contribution in [3.8, 4) is 23.0 Å². The minimum Gasteiger partial charge on any atom is -0.334 e. The van der Waals surface area contributed by atoms with Crippen LogP contribution in [0.2, 0.25) is 0 Å². The number of nitrogens with zero attached hydrogens (tertiary/aromatic N) is 3. The molecular weight excluding hydrogens is 446 g/mol. The first kappa shape index (κ1) is 19.0. The second-order valence-electron chi connectivity index (χ2n) is 6.12. The van der Waals surface area contributed by atoms with Crippen molar-refractivity contribution in [1.29, 1.82) is 0 Å². The Hall–Kier alpha value is -3.33. The first-order valence-corrected chi connectivity index (χ1v) is 9.29. The molecule has 0 aliphatic heterocycles. The maximum absolute atomic E-state index is 13.7. The van der Waals surface area contributed by atoms with E-state index in [1.54, 1.807) is 22.9 Å². The van der Waals surface area contributed by atoms with Crippen molar-refractivity contribution in [2.24, 2.45) is 0 Å². The highest BCUT2D eigenvalue weighted by atomic mass is 79.9. The summed E-state index contributed by atoms with van der Waals surface area (Å²) in [7, 11) is 0. The van der Waals surface area contributed by atoms with Gasteiger partial charge in [-0.25, -0.2) is 8.78 Å². The molecule has 6 nitrogen and oxygen atoms in total. The van der Waals surface area contributed by atoms with Gasteiger partial charge in [-0.2, -0.15) is 4.98 Å². The Bertz CT molecular complexity index is 1170. The van der Waals surface area contributed by atoms with E-state index < -0.39 is 17.5 Å². The molecule has 4 aromatic rings. The average Bonchev–Trinajstić information content (AvgIpc) is 3.34. The summed E-state index contributed by atoms with van der Waals surface area (Å²) in [5.74, 6) is -1.39. The number of carbonyl (C=O) groups excluding carboxylic acids is 1. The standard InChI is InChI=1S/C20H13BrF2N4O2/c21-13-5-3-12(4-6-13)19-25-20(29-26-19)17-2-1-9-27(17)11-18(28)24-16-8-7-14(22)10-15(16)23/h1-10H,11H2,(H,24,28). The number of halogens is 3. The van der Waals surface area contributed by atoms with Crippen LogP contribution < -0.4 is 5.32 Å². The molecule has 0 fully saturated rings. The molecule has 0 unspecified atom stereocenters. The number of hydrogen-bond acceptors (Lipinski definition) is 4. The Balaban J connectivity index is 1.51. The van der Waals surface area contributed by atoms with Gasteiger partial charge in [-0.15, -0.1) is 0 Å². The van der Waals surface area contributed by atoms with E-state index in [4.69, 9.17) is 4.52 Å². The van der Waals surface area contributed by atoms with Crippen LogP contribution in [0, 0.1) is 11.6 Å². The molecular formula is C20H13BrF2N4O2. The molecule has 1 amide bonds. The highest BCUT2D eigenvalue weighted by Gasteiger charge is 2.16. The zero-order chi connectivity index (χ0) is 20.4. The van der Waals surface area contributed by atoms with Crippen LogP contribution in [0.25, 0.3) is 23.0 Å². The number of anilines is 1. The van der Waals surface area contributed by atoms with Crippen molar-refractivity contribution >= 4 is 27.5 Å². The Labute approximate surface area is 172 Å². The van der Waals surface area contributed by atoms with Crippen molar-refractivity contribution in [2.45, 2.75) is 6.54 Å². The van der Waals surface area contributed by atoms with Gasteiger partial charge in [0.25, 0.3) is 5.89 Å². The van der Waals surface area contributed by atoms with Crippen LogP contribution in [0.3, 0.4) is 0 Å². The minimum absolute atomic E-state index is 0.0968. The lowest BCUT2D eigenvalue weighted by Gasteiger charge is -2.09. The molecule has 0 aliphatic rings. The second-order valence-corrected chi connectivity index (χ2v) is 7.04. The first-order valence-electron chi connectivity index (χ1n) is 8.49. The normalized spacial score (nSPS) is 10.9. The lowest BCUT2D eigenvalue weighted by Crippen LogP contribution is -2.19. The quantitative estimate of drug-likeness (QED) is 0.462. The SMILES string of the molecule is O=C(Cn1cccc1-c1nc(-c2ccc(Br)cc2)no1)Nc1ccc(F)cc1F. The predicted octanol–water partition coefficient (Wildman–Crippen LogP) is 4.88. The number of carbonyl (C=O) groups is 1. The maximum Gasteiger partial charge on any atom is 0.274 e. The van der Waals surface area contributed by atoms with Gasteiger partial charge in [-0.1, -0.05) is 21.1 Å². The van der Waals surface area contributed by atoms with E-state index in [2.05, 4.69) is 31.4 Å². The molecule has 0 saturated heterocycles. The molecule has 146 valence electrons. The predicted molar refractivity (Wildman–Crippen MR) is 106 cm³/mol. The fourth-order valence-electron chi connectivity index (χ4n) is 2.73. The van der Waals surface area contributed by atoms with Crippen LogP contribution in [0.15, 0.2) is 69.8 Å². The summed E-state index contributed by atoms with van der Waals surface area (Å²) >= 11 is 3.37. The third-order valence-corrected chi connectivity index (χ3v) is 4.62. The highest BCUT2D eigenvalue weighted by Crippen LogP contribution is 2.24. The van der Waals surface area contributed by atoms with Gasteiger partial charge in [-0.3, -0.25) is 4.79 Å². The molecule has 29 heavy (non-hydrogen) atoms. The van der Waals surface area contributed by atoms with Crippen molar-refractivity contribution in [1.82, 2.24) is 14.7 Å². The summed E-state index contributed by atoms with van der Waals surface area (Å²) < 4.78 is 34.6. The van der Waals surface area contributed by atoms with Crippen molar-refractivity contribution in [2.75, 3.05) is 5.32 Å². The molecule has 0 atom stereocenters. The van der Waals surface area contributed by atoms with Gasteiger partial charge in [0.2, 0.25) is 11.7 Å². The molecule has 0 aliphatic carbocycles. The number of nitrogens with one attached hydrogen (secondary N) is 1. The van der Waals surface area contributed by atoms with E-state index in [0.717, 1.165) is 16.1 Å². The Morgan fingerprint density at radius 3 is 2.69 bits per heavy atom. The lowest BCUT2D eigenvalue weighted by atomic mass is 10.2. The van der Waals surface area contributed by atoms with Gasteiger partial charge in [0, 0.05) is 22.3 Å². The highest BCUT2D eigenvalue weighted by molar-refractivity contribution is 9.10. The van der Waals surface area contributed by atoms with E-state index in [1.165, 1.54) is 6.07 Å². The smallest absolute Gasteiger partial charge is 0.274 e. The van der Waals surface area contributed by atoms with Crippen LogP contribution in [0.4, 0.5) is 14.5 Å². The molecule has 2 aromatic carbocycles. The van der Waals surface area contributed by atoms with E-state index in [0.29, 0.717) is 17.6 Å². The molecule has 4 rings (SSSR count). The average molecular weight is 459 g/mol. The summed E-state index contributed by atoms with van der Waals surface area (Å²) in [4.78, 5) is 16.7. The number of aromatic nitrogens is 3. The maximum atomic E-state index is 13.7. The van der Waals surface area contributed by atoms with Gasteiger partial charge in [0.15, 0.2) is 0 Å². The topological polar surface area (TPSA) is 73.0 Å². The summed E-state index contributed by atoms with van der Waals surface area (Å²) in [6.07, 6.45) is 1.67. The van der Waals surface area contributed by atoms with Crippen molar-refractivity contribution in [3.63, 3.8) is 0 Å². The number of amides is 1. The largest absolute Gasteiger partial charge is 0.334 e. The van der Waals surface area contributed by atoms with E-state index in [1.807, 2.05) is 24.3 Å². The van der Waals surface area contributed by atoms with E-state index in [9.17, 15) is 13.6 Å². The molecule has 0 spiro atoms. The van der Waals surface area contributed by atoms with Crippen LogP contribution in [-0.2, 0) is 11.3 Å². The summed E-state index contributed by atoms with van der Waals surface area (Å²) in [6, 6.07) is 13.8. The third kappa shape index (κ3) is 4.24. The fourth-order valence-corrected chi connectivity index (χ4v) is 2.99. The Morgan fingerprint density at radius 1 is 1.14 bits per heavy atom. The Kier molecular flexibility index (Phi) is 5.22. The summed E-state index contributed by atoms with van der Waals surface area (Å²) in [6.45, 7) is -0.116. The summed E-state index contributed by atoms with van der Waals surface area (Å²) in [5.41, 5.74) is 1.22.